The highest BCUT2D eigenvalue weighted by Gasteiger charge is 2.61. The average molecular weight is 374 g/mol. The van der Waals surface area contributed by atoms with Gasteiger partial charge in [-0.2, -0.15) is 0 Å². The minimum Gasteiger partial charge on any atom is -0.472 e. The number of carbonyl (C=O) groups is 2. The van der Waals surface area contributed by atoms with E-state index in [1.807, 2.05) is 6.07 Å². The van der Waals surface area contributed by atoms with Crippen molar-refractivity contribution >= 4 is 11.9 Å². The molecule has 2 heterocycles. The van der Waals surface area contributed by atoms with Gasteiger partial charge in [0.25, 0.3) is 0 Å². The van der Waals surface area contributed by atoms with E-state index < -0.39 is 22.9 Å². The molecule has 0 bridgehead atoms. The van der Waals surface area contributed by atoms with E-state index in [9.17, 15) is 14.7 Å². The number of hydrogen-bond acceptors (Lipinski definition) is 6. The molecule has 5 atom stereocenters. The van der Waals surface area contributed by atoms with Gasteiger partial charge < -0.3 is 19.0 Å². The summed E-state index contributed by atoms with van der Waals surface area (Å²) in [7, 11) is 1.34. The van der Waals surface area contributed by atoms with Gasteiger partial charge in [-0.3, -0.25) is 9.59 Å². The number of rotatable bonds is 2. The van der Waals surface area contributed by atoms with Crippen LogP contribution in [-0.4, -0.2) is 30.3 Å². The minimum atomic E-state index is -1.11. The molecule has 0 unspecified atom stereocenters. The molecule has 3 aliphatic rings. The first-order valence-electron chi connectivity index (χ1n) is 9.58. The van der Waals surface area contributed by atoms with Gasteiger partial charge >= 0.3 is 11.9 Å². The van der Waals surface area contributed by atoms with Crippen LogP contribution < -0.4 is 0 Å². The number of methoxy groups -OCH3 is 1. The van der Waals surface area contributed by atoms with E-state index in [2.05, 4.69) is 6.92 Å². The number of aliphatic hydroxyl groups excluding tert-OH is 1. The van der Waals surface area contributed by atoms with Gasteiger partial charge in [0.2, 0.25) is 0 Å². The maximum atomic E-state index is 13.2. The molecule has 146 valence electrons. The third-order valence-electron chi connectivity index (χ3n) is 7.18. The second-order valence-electron chi connectivity index (χ2n) is 8.27. The fourth-order valence-electron chi connectivity index (χ4n) is 5.46. The molecule has 6 nitrogen and oxygen atoms in total. The molecule has 1 aliphatic heterocycles. The van der Waals surface area contributed by atoms with Crippen LogP contribution in [0, 0.1) is 16.7 Å². The van der Waals surface area contributed by atoms with Crippen LogP contribution in [0.4, 0.5) is 0 Å². The van der Waals surface area contributed by atoms with Gasteiger partial charge in [0.1, 0.15) is 11.5 Å². The summed E-state index contributed by atoms with van der Waals surface area (Å²) >= 11 is 0. The third kappa shape index (κ3) is 2.35. The third-order valence-corrected chi connectivity index (χ3v) is 7.18. The van der Waals surface area contributed by atoms with Gasteiger partial charge in [-0.25, -0.2) is 0 Å². The van der Waals surface area contributed by atoms with Crippen LogP contribution in [-0.2, 0) is 19.1 Å². The predicted molar refractivity (Wildman–Crippen MR) is 95.4 cm³/mol. The van der Waals surface area contributed by atoms with Crippen molar-refractivity contribution in [3.63, 3.8) is 0 Å². The zero-order valence-corrected chi connectivity index (χ0v) is 16.0. The lowest BCUT2D eigenvalue weighted by Gasteiger charge is -2.48. The molecular weight excluding hydrogens is 348 g/mol. The molecule has 1 fully saturated rings. The molecule has 2 aliphatic carbocycles. The Morgan fingerprint density at radius 3 is 2.70 bits per heavy atom. The van der Waals surface area contributed by atoms with E-state index in [0.717, 1.165) is 23.1 Å². The topological polar surface area (TPSA) is 86.0 Å². The molecule has 6 heteroatoms. The normalized spacial score (nSPS) is 38.7. The van der Waals surface area contributed by atoms with Gasteiger partial charge in [0, 0.05) is 12.0 Å². The highest BCUT2D eigenvalue weighted by atomic mass is 16.6. The first-order valence-corrected chi connectivity index (χ1v) is 9.58. The second-order valence-corrected chi connectivity index (χ2v) is 8.27. The number of furan rings is 1. The Balaban J connectivity index is 1.83. The summed E-state index contributed by atoms with van der Waals surface area (Å²) < 4.78 is 16.0. The zero-order chi connectivity index (χ0) is 19.4. The summed E-state index contributed by atoms with van der Waals surface area (Å²) in [6.07, 6.45) is 5.06. The van der Waals surface area contributed by atoms with Crippen molar-refractivity contribution in [1.82, 2.24) is 0 Å². The molecule has 0 aromatic carbocycles. The first kappa shape index (κ1) is 18.3. The number of aliphatic hydroxyl groups is 1. The molecule has 27 heavy (non-hydrogen) atoms. The number of esters is 2. The summed E-state index contributed by atoms with van der Waals surface area (Å²) in [4.78, 5) is 25.8. The van der Waals surface area contributed by atoms with Gasteiger partial charge in [-0.1, -0.05) is 18.1 Å². The highest BCUT2D eigenvalue weighted by Crippen LogP contribution is 2.61. The lowest BCUT2D eigenvalue weighted by atomic mass is 9.54. The van der Waals surface area contributed by atoms with Gasteiger partial charge in [0.05, 0.1) is 31.2 Å². The summed E-state index contributed by atoms with van der Waals surface area (Å²) in [5.41, 5.74) is 0.854. The largest absolute Gasteiger partial charge is 0.472 e. The Kier molecular flexibility index (Phi) is 4.22. The molecule has 1 spiro atoms. The summed E-state index contributed by atoms with van der Waals surface area (Å²) in [5, 5.41) is 10.7. The van der Waals surface area contributed by atoms with E-state index in [4.69, 9.17) is 13.9 Å². The van der Waals surface area contributed by atoms with E-state index in [1.54, 1.807) is 19.5 Å². The number of carbonyl (C=O) groups excluding carboxylic acids is 2. The monoisotopic (exact) mass is 374 g/mol. The van der Waals surface area contributed by atoms with Crippen LogP contribution >= 0.6 is 0 Å². The van der Waals surface area contributed by atoms with Crippen LogP contribution in [0.25, 0.3) is 0 Å². The maximum absolute atomic E-state index is 13.2. The highest BCUT2D eigenvalue weighted by molar-refractivity contribution is 5.87. The van der Waals surface area contributed by atoms with E-state index in [0.29, 0.717) is 25.7 Å². The lowest BCUT2D eigenvalue weighted by Crippen LogP contribution is -2.50. The van der Waals surface area contributed by atoms with Crippen LogP contribution in [0.2, 0.25) is 0 Å². The first-order chi connectivity index (χ1) is 12.9. The molecule has 4 rings (SSSR count). The summed E-state index contributed by atoms with van der Waals surface area (Å²) in [5.74, 6) is -0.556. The molecule has 1 N–H and O–H groups in total. The average Bonchev–Trinajstić information content (AvgIpc) is 3.29. The molecule has 1 aromatic heterocycles. The number of ether oxygens (including phenoxy) is 2. The quantitative estimate of drug-likeness (QED) is 0.631. The van der Waals surface area contributed by atoms with Crippen LogP contribution in [0.1, 0.15) is 57.6 Å². The van der Waals surface area contributed by atoms with Crippen LogP contribution in [0.5, 0.6) is 0 Å². The Hall–Kier alpha value is -2.08. The van der Waals surface area contributed by atoms with E-state index in [1.165, 1.54) is 7.11 Å². The van der Waals surface area contributed by atoms with Gasteiger partial charge in [0.15, 0.2) is 0 Å². The number of fused-ring (bicyclic) bond motifs is 1. The molecule has 0 amide bonds. The summed E-state index contributed by atoms with van der Waals surface area (Å²) in [6, 6.07) is 1.82. The van der Waals surface area contributed by atoms with Crippen molar-refractivity contribution in [2.24, 2.45) is 16.7 Å². The molecule has 0 saturated carbocycles. The van der Waals surface area contributed by atoms with Crippen molar-refractivity contribution < 1.29 is 28.6 Å². The van der Waals surface area contributed by atoms with E-state index in [-0.39, 0.29) is 18.0 Å². The Bertz CT molecular complexity index is 794. The van der Waals surface area contributed by atoms with Crippen molar-refractivity contribution in [1.29, 1.82) is 0 Å². The Morgan fingerprint density at radius 1 is 1.30 bits per heavy atom. The Labute approximate surface area is 158 Å². The molecule has 0 radical (unpaired) electrons. The standard InChI is InChI=1S/C21H26O6/c1-12-4-5-14-15(6-7-17(22)20(14,2)18(23)25-3)21(12)10-16(27-19(21)24)13-8-9-26-11-13/h8-9,11-12,16-17,22H,4-7,10H2,1-3H3/t12-,16+,17-,20+,21-/m1/s1. The predicted octanol–water partition coefficient (Wildman–Crippen LogP) is 3.31. The molecule has 1 saturated heterocycles. The number of hydrogen-bond donors (Lipinski definition) is 1. The van der Waals surface area contributed by atoms with Gasteiger partial charge in [-0.15, -0.1) is 0 Å². The second kappa shape index (κ2) is 6.23. The SMILES string of the molecule is COC(=O)[C@@]1(C)C2=C(CC[C@H]1O)[C@@]1(C[C@@H](c3ccoc3)OC1=O)[C@H](C)CC2. The fraction of sp³-hybridized carbons (Fsp3) is 0.619. The maximum Gasteiger partial charge on any atom is 0.318 e. The molecular formula is C21H26O6. The zero-order valence-electron chi connectivity index (χ0n) is 16.0. The Morgan fingerprint density at radius 2 is 2.04 bits per heavy atom. The lowest BCUT2D eigenvalue weighted by molar-refractivity contribution is -0.158. The van der Waals surface area contributed by atoms with Crippen LogP contribution in [0.15, 0.2) is 34.2 Å². The van der Waals surface area contributed by atoms with E-state index >= 15 is 0 Å². The summed E-state index contributed by atoms with van der Waals surface area (Å²) in [6.45, 7) is 3.83. The van der Waals surface area contributed by atoms with Crippen molar-refractivity contribution in [2.75, 3.05) is 7.11 Å². The molecule has 1 aromatic rings. The van der Waals surface area contributed by atoms with Crippen molar-refractivity contribution in [3.05, 3.63) is 35.3 Å². The minimum absolute atomic E-state index is 0.109. The fourth-order valence-corrected chi connectivity index (χ4v) is 5.46. The van der Waals surface area contributed by atoms with Crippen LogP contribution in [0.3, 0.4) is 0 Å². The van der Waals surface area contributed by atoms with Gasteiger partial charge in [-0.05, 0) is 44.6 Å². The van der Waals surface area contributed by atoms with Crippen molar-refractivity contribution in [2.45, 2.75) is 58.2 Å². The van der Waals surface area contributed by atoms with Crippen molar-refractivity contribution in [3.8, 4) is 0 Å². The number of cyclic esters (lactones) is 1. The smallest absolute Gasteiger partial charge is 0.318 e.